The van der Waals surface area contributed by atoms with E-state index in [-0.39, 0.29) is 12.2 Å². The van der Waals surface area contributed by atoms with Crippen LogP contribution in [0.25, 0.3) is 0 Å². The Bertz CT molecular complexity index is 124. The summed E-state index contributed by atoms with van der Waals surface area (Å²) in [6, 6.07) is 0. The lowest BCUT2D eigenvalue weighted by atomic mass is 9.89. The molecule has 2 fully saturated rings. The Morgan fingerprint density at radius 1 is 1.44 bits per heavy atom. The van der Waals surface area contributed by atoms with Gasteiger partial charge < -0.3 is 9.84 Å². The van der Waals surface area contributed by atoms with Crippen LogP contribution in [0.1, 0.15) is 19.8 Å². The highest BCUT2D eigenvalue weighted by Gasteiger charge is 2.48. The molecule has 0 amide bonds. The number of hydrogen-bond acceptors (Lipinski definition) is 2. The molecule has 1 saturated carbocycles. The molecule has 0 aromatic heterocycles. The molecular weight excluding hydrogens is 116 g/mol. The largest absolute Gasteiger partial charge is 0.390 e. The molecule has 4 unspecified atom stereocenters. The van der Waals surface area contributed by atoms with Crippen molar-refractivity contribution in [2.24, 2.45) is 5.92 Å². The Kier molecular flexibility index (Phi) is 1.08. The van der Waals surface area contributed by atoms with Crippen molar-refractivity contribution in [1.82, 2.24) is 0 Å². The first-order valence-electron chi connectivity index (χ1n) is 3.61. The molecular formula is C7H12O2. The highest BCUT2D eigenvalue weighted by Crippen LogP contribution is 2.39. The average molecular weight is 128 g/mol. The maximum atomic E-state index is 9.26. The smallest absolute Gasteiger partial charge is 0.110 e. The Morgan fingerprint density at radius 3 is 2.89 bits per heavy atom. The molecule has 9 heavy (non-hydrogen) atoms. The van der Waals surface area contributed by atoms with Crippen LogP contribution in [0, 0.1) is 5.92 Å². The van der Waals surface area contributed by atoms with Crippen LogP contribution in [0.4, 0.5) is 0 Å². The number of epoxide rings is 1. The fourth-order valence-corrected chi connectivity index (χ4v) is 1.72. The maximum absolute atomic E-state index is 9.26. The molecule has 2 nitrogen and oxygen atoms in total. The van der Waals surface area contributed by atoms with Crippen molar-refractivity contribution in [2.45, 2.75) is 38.1 Å². The van der Waals surface area contributed by atoms with Crippen LogP contribution in [0.15, 0.2) is 0 Å². The highest BCUT2D eigenvalue weighted by molar-refractivity contribution is 4.96. The predicted octanol–water partition coefficient (Wildman–Crippen LogP) is 0.545. The van der Waals surface area contributed by atoms with E-state index in [9.17, 15) is 5.11 Å². The molecule has 2 aliphatic rings. The number of hydrogen-bond donors (Lipinski definition) is 1. The first-order valence-corrected chi connectivity index (χ1v) is 3.61. The molecule has 1 heterocycles. The third-order valence-electron chi connectivity index (χ3n) is 2.28. The van der Waals surface area contributed by atoms with E-state index >= 15 is 0 Å². The van der Waals surface area contributed by atoms with Crippen molar-refractivity contribution >= 4 is 0 Å². The second kappa shape index (κ2) is 1.70. The maximum Gasteiger partial charge on any atom is 0.110 e. The topological polar surface area (TPSA) is 32.8 Å². The second-order valence-electron chi connectivity index (χ2n) is 3.28. The van der Waals surface area contributed by atoms with E-state index in [2.05, 4.69) is 6.92 Å². The lowest BCUT2D eigenvalue weighted by molar-refractivity contribution is 0.109. The second-order valence-corrected chi connectivity index (χ2v) is 3.28. The van der Waals surface area contributed by atoms with Gasteiger partial charge in [0, 0.05) is 0 Å². The number of aliphatic hydroxyl groups is 1. The summed E-state index contributed by atoms with van der Waals surface area (Å²) in [5, 5.41) is 9.26. The van der Waals surface area contributed by atoms with Crippen LogP contribution in [0.5, 0.6) is 0 Å². The molecule has 1 saturated heterocycles. The van der Waals surface area contributed by atoms with Crippen molar-refractivity contribution in [3.63, 3.8) is 0 Å². The molecule has 1 N–H and O–H groups in total. The predicted molar refractivity (Wildman–Crippen MR) is 33.1 cm³/mol. The molecule has 0 aromatic carbocycles. The summed E-state index contributed by atoms with van der Waals surface area (Å²) in [6.45, 7) is 2.17. The fourth-order valence-electron chi connectivity index (χ4n) is 1.72. The van der Waals surface area contributed by atoms with Gasteiger partial charge in [-0.05, 0) is 18.8 Å². The first kappa shape index (κ1) is 5.69. The monoisotopic (exact) mass is 128 g/mol. The van der Waals surface area contributed by atoms with Gasteiger partial charge in [-0.15, -0.1) is 0 Å². The van der Waals surface area contributed by atoms with Crippen molar-refractivity contribution in [3.05, 3.63) is 0 Å². The normalized spacial score (nSPS) is 56.7. The quantitative estimate of drug-likeness (QED) is 0.483. The SMILES string of the molecule is CC1CC(O)C2OC2C1. The van der Waals surface area contributed by atoms with E-state index in [1.807, 2.05) is 0 Å². The number of ether oxygens (including phenoxy) is 1. The molecule has 4 atom stereocenters. The molecule has 2 heteroatoms. The van der Waals surface area contributed by atoms with E-state index < -0.39 is 0 Å². The summed E-state index contributed by atoms with van der Waals surface area (Å²) in [6.07, 6.45) is 2.53. The van der Waals surface area contributed by atoms with Gasteiger partial charge in [-0.2, -0.15) is 0 Å². The van der Waals surface area contributed by atoms with Crippen LogP contribution in [0.2, 0.25) is 0 Å². The standard InChI is InChI=1S/C7H12O2/c1-4-2-5(8)7-6(3-4)9-7/h4-8H,2-3H2,1H3. The molecule has 0 spiro atoms. The zero-order valence-electron chi connectivity index (χ0n) is 5.58. The van der Waals surface area contributed by atoms with E-state index in [1.54, 1.807) is 0 Å². The molecule has 0 bridgehead atoms. The van der Waals surface area contributed by atoms with Crippen molar-refractivity contribution in [3.8, 4) is 0 Å². The van der Waals surface area contributed by atoms with E-state index in [1.165, 1.54) is 0 Å². The third kappa shape index (κ3) is 0.864. The van der Waals surface area contributed by atoms with Crippen LogP contribution in [-0.2, 0) is 4.74 Å². The summed E-state index contributed by atoms with van der Waals surface area (Å²) in [4.78, 5) is 0. The van der Waals surface area contributed by atoms with Crippen LogP contribution >= 0.6 is 0 Å². The zero-order valence-corrected chi connectivity index (χ0v) is 5.58. The minimum Gasteiger partial charge on any atom is -0.390 e. The summed E-state index contributed by atoms with van der Waals surface area (Å²) in [5.41, 5.74) is 0. The van der Waals surface area contributed by atoms with Gasteiger partial charge in [-0.1, -0.05) is 6.92 Å². The fraction of sp³-hybridized carbons (Fsp3) is 1.00. The number of rotatable bonds is 0. The van der Waals surface area contributed by atoms with E-state index in [0.29, 0.717) is 12.0 Å². The molecule has 2 rings (SSSR count). The van der Waals surface area contributed by atoms with Gasteiger partial charge in [-0.3, -0.25) is 0 Å². The Hall–Kier alpha value is -0.0800. The highest BCUT2D eigenvalue weighted by atomic mass is 16.6. The average Bonchev–Trinajstić information content (AvgIpc) is 2.43. The van der Waals surface area contributed by atoms with Gasteiger partial charge in [0.15, 0.2) is 0 Å². The summed E-state index contributed by atoms with van der Waals surface area (Å²) in [7, 11) is 0. The Labute approximate surface area is 54.8 Å². The van der Waals surface area contributed by atoms with Crippen molar-refractivity contribution < 1.29 is 9.84 Å². The lowest BCUT2D eigenvalue weighted by Gasteiger charge is -2.17. The molecule has 1 aliphatic heterocycles. The van der Waals surface area contributed by atoms with Gasteiger partial charge >= 0.3 is 0 Å². The minimum absolute atomic E-state index is 0.168. The number of aliphatic hydroxyl groups excluding tert-OH is 1. The minimum atomic E-state index is -0.168. The van der Waals surface area contributed by atoms with Gasteiger partial charge in [0.05, 0.1) is 12.2 Å². The Morgan fingerprint density at radius 2 is 2.22 bits per heavy atom. The van der Waals surface area contributed by atoms with Gasteiger partial charge in [-0.25, -0.2) is 0 Å². The van der Waals surface area contributed by atoms with Gasteiger partial charge in [0.2, 0.25) is 0 Å². The molecule has 0 radical (unpaired) electrons. The molecule has 1 aliphatic carbocycles. The van der Waals surface area contributed by atoms with E-state index in [0.717, 1.165) is 12.8 Å². The van der Waals surface area contributed by atoms with Crippen LogP contribution in [-0.4, -0.2) is 23.4 Å². The van der Waals surface area contributed by atoms with Crippen molar-refractivity contribution in [2.75, 3.05) is 0 Å². The zero-order chi connectivity index (χ0) is 6.43. The number of fused-ring (bicyclic) bond motifs is 1. The van der Waals surface area contributed by atoms with Crippen LogP contribution in [0.3, 0.4) is 0 Å². The van der Waals surface area contributed by atoms with Crippen molar-refractivity contribution in [1.29, 1.82) is 0 Å². The van der Waals surface area contributed by atoms with Gasteiger partial charge in [0.25, 0.3) is 0 Å². The Balaban J connectivity index is 1.99. The summed E-state index contributed by atoms with van der Waals surface area (Å²) >= 11 is 0. The molecule has 52 valence electrons. The van der Waals surface area contributed by atoms with Gasteiger partial charge in [0.1, 0.15) is 6.10 Å². The summed E-state index contributed by atoms with van der Waals surface area (Å²) < 4.78 is 5.21. The third-order valence-corrected chi connectivity index (χ3v) is 2.28. The molecule has 0 aromatic rings. The van der Waals surface area contributed by atoms with Crippen LogP contribution < -0.4 is 0 Å². The summed E-state index contributed by atoms with van der Waals surface area (Å²) in [5.74, 6) is 0.656. The first-order chi connectivity index (χ1) is 4.27. The van der Waals surface area contributed by atoms with E-state index in [4.69, 9.17) is 4.74 Å². The lowest BCUT2D eigenvalue weighted by Crippen LogP contribution is -2.25.